The fourth-order valence-corrected chi connectivity index (χ4v) is 5.04. The molecule has 2 saturated carbocycles. The van der Waals surface area contributed by atoms with Crippen molar-refractivity contribution in [2.45, 2.75) is 77.7 Å². The van der Waals surface area contributed by atoms with E-state index in [9.17, 15) is 4.79 Å². The molecule has 0 spiro atoms. The molecule has 0 aromatic rings. The van der Waals surface area contributed by atoms with Gasteiger partial charge in [-0.05, 0) is 43.9 Å². The summed E-state index contributed by atoms with van der Waals surface area (Å²) in [5.74, 6) is 1.60. The van der Waals surface area contributed by atoms with E-state index < -0.39 is 0 Å². The Hall–Kier alpha value is -0.0500. The maximum absolute atomic E-state index is 12.9. The first-order valence-corrected chi connectivity index (χ1v) is 9.56. The summed E-state index contributed by atoms with van der Waals surface area (Å²) in [7, 11) is 0. The summed E-state index contributed by atoms with van der Waals surface area (Å²) in [6.07, 6.45) is 10.7. The van der Waals surface area contributed by atoms with Gasteiger partial charge in [-0.25, -0.2) is 0 Å². The largest absolute Gasteiger partial charge is 0.353 e. The van der Waals surface area contributed by atoms with Crippen molar-refractivity contribution in [1.29, 1.82) is 0 Å². The fraction of sp³-hybridized carbons (Fsp3) is 0.941. The van der Waals surface area contributed by atoms with Crippen LogP contribution in [0.2, 0.25) is 0 Å². The number of nitrogens with one attached hydrogen (secondary N) is 1. The zero-order valence-electron chi connectivity index (χ0n) is 13.1. The van der Waals surface area contributed by atoms with Gasteiger partial charge in [-0.1, -0.05) is 55.5 Å². The Kier molecular flexibility index (Phi) is 5.95. The summed E-state index contributed by atoms with van der Waals surface area (Å²) < 4.78 is 0. The van der Waals surface area contributed by atoms with Gasteiger partial charge >= 0.3 is 0 Å². The van der Waals surface area contributed by atoms with E-state index in [1.807, 2.05) is 0 Å². The third-order valence-electron chi connectivity index (χ3n) is 5.27. The van der Waals surface area contributed by atoms with Gasteiger partial charge in [0.05, 0.1) is 0 Å². The lowest BCUT2D eigenvalue weighted by molar-refractivity contribution is -0.133. The van der Waals surface area contributed by atoms with Crippen LogP contribution in [0.25, 0.3) is 0 Å². The summed E-state index contributed by atoms with van der Waals surface area (Å²) in [5, 5.41) is 4.46. The molecule has 2 fully saturated rings. The van der Waals surface area contributed by atoms with Crippen LogP contribution >= 0.6 is 15.9 Å². The zero-order valence-corrected chi connectivity index (χ0v) is 14.7. The van der Waals surface area contributed by atoms with Gasteiger partial charge in [0.1, 0.15) is 0 Å². The van der Waals surface area contributed by atoms with Crippen LogP contribution in [0.5, 0.6) is 0 Å². The van der Waals surface area contributed by atoms with Crippen LogP contribution in [0, 0.1) is 17.3 Å². The van der Waals surface area contributed by atoms with Crippen LogP contribution in [-0.2, 0) is 4.79 Å². The lowest BCUT2D eigenvalue weighted by Crippen LogP contribution is -2.49. The summed E-state index contributed by atoms with van der Waals surface area (Å²) in [6.45, 7) is 4.49. The van der Waals surface area contributed by atoms with E-state index in [1.165, 1.54) is 38.5 Å². The predicted octanol–water partition coefficient (Wildman–Crippen LogP) is 4.66. The van der Waals surface area contributed by atoms with Gasteiger partial charge in [-0.2, -0.15) is 0 Å². The van der Waals surface area contributed by atoms with E-state index in [1.54, 1.807) is 0 Å². The van der Waals surface area contributed by atoms with Gasteiger partial charge in [0.15, 0.2) is 0 Å². The number of hydrogen-bond donors (Lipinski definition) is 1. The first-order chi connectivity index (χ1) is 9.57. The van der Waals surface area contributed by atoms with Gasteiger partial charge in [0, 0.05) is 16.8 Å². The molecule has 0 radical (unpaired) electrons. The summed E-state index contributed by atoms with van der Waals surface area (Å²) >= 11 is 3.63. The van der Waals surface area contributed by atoms with E-state index in [-0.39, 0.29) is 5.41 Å². The van der Waals surface area contributed by atoms with E-state index in [0.29, 0.717) is 23.8 Å². The number of carbonyl (C=O) groups excluding carboxylic acids is 1. The number of halogens is 1. The Morgan fingerprint density at radius 3 is 2.45 bits per heavy atom. The Morgan fingerprint density at radius 2 is 1.85 bits per heavy atom. The molecule has 0 saturated heterocycles. The average Bonchev–Trinajstić information content (AvgIpc) is 2.88. The number of hydrogen-bond acceptors (Lipinski definition) is 1. The summed E-state index contributed by atoms with van der Waals surface area (Å²) in [4.78, 5) is 12.9. The van der Waals surface area contributed by atoms with Crippen molar-refractivity contribution in [1.82, 2.24) is 5.32 Å². The molecule has 116 valence electrons. The Bertz CT molecular complexity index is 323. The first-order valence-electron chi connectivity index (χ1n) is 8.44. The second-order valence-electron chi connectivity index (χ2n) is 7.36. The van der Waals surface area contributed by atoms with Crippen molar-refractivity contribution in [2.24, 2.45) is 17.3 Å². The first kappa shape index (κ1) is 16.3. The highest BCUT2D eigenvalue weighted by Crippen LogP contribution is 2.43. The molecule has 0 heterocycles. The van der Waals surface area contributed by atoms with E-state index in [2.05, 4.69) is 35.1 Å². The minimum atomic E-state index is -0.0531. The Morgan fingerprint density at radius 1 is 1.20 bits per heavy atom. The number of amides is 1. The highest BCUT2D eigenvalue weighted by Gasteiger charge is 2.42. The standard InChI is InChI=1S/C17H30BrNO/c1-13(2)11-17(9-5-6-10-17)16(20)19-15-8-4-3-7-14(15)12-18/h13-15H,3-12H2,1-2H3,(H,19,20). The predicted molar refractivity (Wildman–Crippen MR) is 88.0 cm³/mol. The monoisotopic (exact) mass is 343 g/mol. The number of carbonyl (C=O) groups is 1. The van der Waals surface area contributed by atoms with E-state index in [0.717, 1.165) is 24.6 Å². The molecule has 2 atom stereocenters. The van der Waals surface area contributed by atoms with Crippen LogP contribution in [0.3, 0.4) is 0 Å². The van der Waals surface area contributed by atoms with Crippen molar-refractivity contribution in [2.75, 3.05) is 5.33 Å². The molecular formula is C17H30BrNO. The average molecular weight is 344 g/mol. The van der Waals surface area contributed by atoms with Crippen molar-refractivity contribution in [3.63, 3.8) is 0 Å². The minimum Gasteiger partial charge on any atom is -0.353 e. The van der Waals surface area contributed by atoms with Gasteiger partial charge < -0.3 is 5.32 Å². The number of alkyl halides is 1. The third kappa shape index (κ3) is 3.78. The molecule has 3 heteroatoms. The molecule has 2 nitrogen and oxygen atoms in total. The molecule has 1 N–H and O–H groups in total. The van der Waals surface area contributed by atoms with Crippen molar-refractivity contribution in [3.05, 3.63) is 0 Å². The number of rotatable bonds is 5. The zero-order chi connectivity index (χ0) is 14.6. The van der Waals surface area contributed by atoms with Crippen LogP contribution in [0.15, 0.2) is 0 Å². The molecule has 0 aromatic carbocycles. The summed E-state index contributed by atoms with van der Waals surface area (Å²) in [6, 6.07) is 0.403. The smallest absolute Gasteiger partial charge is 0.226 e. The van der Waals surface area contributed by atoms with Crippen LogP contribution in [-0.4, -0.2) is 17.3 Å². The molecule has 2 unspecified atom stereocenters. The highest BCUT2D eigenvalue weighted by atomic mass is 79.9. The molecule has 0 aliphatic heterocycles. The molecular weight excluding hydrogens is 314 g/mol. The second kappa shape index (κ2) is 7.29. The van der Waals surface area contributed by atoms with E-state index in [4.69, 9.17) is 0 Å². The topological polar surface area (TPSA) is 29.1 Å². The van der Waals surface area contributed by atoms with Gasteiger partial charge in [-0.3, -0.25) is 4.79 Å². The third-order valence-corrected chi connectivity index (χ3v) is 6.10. The molecule has 0 aromatic heterocycles. The molecule has 2 aliphatic carbocycles. The maximum Gasteiger partial charge on any atom is 0.226 e. The molecule has 1 amide bonds. The van der Waals surface area contributed by atoms with Crippen molar-refractivity contribution >= 4 is 21.8 Å². The molecule has 20 heavy (non-hydrogen) atoms. The van der Waals surface area contributed by atoms with Gasteiger partial charge in [0.2, 0.25) is 5.91 Å². The van der Waals surface area contributed by atoms with Gasteiger partial charge in [-0.15, -0.1) is 0 Å². The molecule has 2 rings (SSSR count). The SMILES string of the molecule is CC(C)CC1(C(=O)NC2CCCCC2CBr)CCCC1. The van der Waals surface area contributed by atoms with Crippen LogP contribution < -0.4 is 5.32 Å². The van der Waals surface area contributed by atoms with Crippen LogP contribution in [0.4, 0.5) is 0 Å². The minimum absolute atomic E-state index is 0.0531. The van der Waals surface area contributed by atoms with E-state index >= 15 is 0 Å². The Balaban J connectivity index is 2.00. The van der Waals surface area contributed by atoms with Crippen molar-refractivity contribution < 1.29 is 4.79 Å². The van der Waals surface area contributed by atoms with Gasteiger partial charge in [0.25, 0.3) is 0 Å². The highest BCUT2D eigenvalue weighted by molar-refractivity contribution is 9.09. The Labute approximate surface area is 132 Å². The lowest BCUT2D eigenvalue weighted by atomic mass is 9.76. The quantitative estimate of drug-likeness (QED) is 0.722. The molecule has 0 bridgehead atoms. The summed E-state index contributed by atoms with van der Waals surface area (Å²) in [5.41, 5.74) is -0.0531. The maximum atomic E-state index is 12.9. The fourth-order valence-electron chi connectivity index (χ4n) is 4.26. The second-order valence-corrected chi connectivity index (χ2v) is 8.01. The molecule has 2 aliphatic rings. The normalized spacial score (nSPS) is 29.6. The van der Waals surface area contributed by atoms with Crippen molar-refractivity contribution in [3.8, 4) is 0 Å². The van der Waals surface area contributed by atoms with Crippen LogP contribution in [0.1, 0.15) is 71.6 Å². The lowest BCUT2D eigenvalue weighted by Gasteiger charge is -2.36.